The summed E-state index contributed by atoms with van der Waals surface area (Å²) in [5.74, 6) is 0.647. The molecule has 14 heavy (non-hydrogen) atoms. The van der Waals surface area contributed by atoms with Crippen molar-refractivity contribution in [3.8, 4) is 0 Å². The van der Waals surface area contributed by atoms with Gasteiger partial charge in [0.15, 0.2) is 4.60 Å². The van der Waals surface area contributed by atoms with Gasteiger partial charge in [-0.25, -0.2) is 4.68 Å². The summed E-state index contributed by atoms with van der Waals surface area (Å²) in [6.45, 7) is 4.42. The van der Waals surface area contributed by atoms with E-state index >= 15 is 0 Å². The van der Waals surface area contributed by atoms with Gasteiger partial charge in [0.1, 0.15) is 0 Å². The summed E-state index contributed by atoms with van der Waals surface area (Å²) >= 11 is 3.41. The Kier molecular flexibility index (Phi) is 4.07. The summed E-state index contributed by atoms with van der Waals surface area (Å²) in [6, 6.07) is 0.310. The Morgan fingerprint density at radius 2 is 2.14 bits per heavy atom. The van der Waals surface area contributed by atoms with Crippen LogP contribution >= 0.6 is 15.9 Å². The zero-order chi connectivity index (χ0) is 10.7. The van der Waals surface area contributed by atoms with Crippen molar-refractivity contribution in [2.75, 3.05) is 7.05 Å². The first kappa shape index (κ1) is 11.7. The molecular formula is C9H17BrN4. The van der Waals surface area contributed by atoms with E-state index in [-0.39, 0.29) is 0 Å². The molecule has 0 spiro atoms. The van der Waals surface area contributed by atoms with Crippen LogP contribution in [0.3, 0.4) is 0 Å². The summed E-state index contributed by atoms with van der Waals surface area (Å²) in [6.07, 6.45) is 1.08. The molecule has 1 aromatic rings. The number of nitrogens with zero attached hydrogens (tertiary/aromatic N) is 3. The van der Waals surface area contributed by atoms with Crippen LogP contribution in [-0.2, 0) is 7.05 Å². The van der Waals surface area contributed by atoms with Gasteiger partial charge in [0.2, 0.25) is 0 Å². The third kappa shape index (κ3) is 2.54. The van der Waals surface area contributed by atoms with Crippen LogP contribution < -0.4 is 5.32 Å². The molecule has 0 radical (unpaired) electrons. The smallest absolute Gasteiger partial charge is 0.153 e. The first-order valence-corrected chi connectivity index (χ1v) is 5.57. The Morgan fingerprint density at radius 1 is 1.50 bits per heavy atom. The van der Waals surface area contributed by atoms with Crippen LogP contribution in [0.5, 0.6) is 0 Å². The first-order chi connectivity index (χ1) is 6.56. The highest BCUT2D eigenvalue weighted by Gasteiger charge is 2.19. The molecule has 1 aromatic heterocycles. The SMILES string of the molecule is CNC(CC(C)C)c1c(Br)nnn1C. The molecule has 0 saturated carbocycles. The second-order valence-corrected chi connectivity index (χ2v) is 4.61. The second-order valence-electron chi connectivity index (χ2n) is 3.86. The van der Waals surface area contributed by atoms with E-state index in [0.29, 0.717) is 12.0 Å². The van der Waals surface area contributed by atoms with Crippen LogP contribution in [0.25, 0.3) is 0 Å². The molecule has 0 amide bonds. The average Bonchev–Trinajstić information content (AvgIpc) is 2.43. The van der Waals surface area contributed by atoms with Crippen LogP contribution in [0.4, 0.5) is 0 Å². The van der Waals surface area contributed by atoms with Gasteiger partial charge in [0.05, 0.1) is 11.7 Å². The number of aryl methyl sites for hydroxylation is 1. The molecule has 80 valence electrons. The summed E-state index contributed by atoms with van der Waals surface area (Å²) < 4.78 is 2.65. The van der Waals surface area contributed by atoms with Crippen molar-refractivity contribution in [3.05, 3.63) is 10.3 Å². The van der Waals surface area contributed by atoms with Crippen molar-refractivity contribution in [2.45, 2.75) is 26.3 Å². The van der Waals surface area contributed by atoms with Crippen LogP contribution in [0.1, 0.15) is 32.0 Å². The van der Waals surface area contributed by atoms with Gasteiger partial charge >= 0.3 is 0 Å². The Hall–Kier alpha value is -0.420. The minimum atomic E-state index is 0.310. The van der Waals surface area contributed by atoms with Crippen LogP contribution in [0, 0.1) is 5.92 Å². The Morgan fingerprint density at radius 3 is 2.50 bits per heavy atom. The first-order valence-electron chi connectivity index (χ1n) is 4.78. The largest absolute Gasteiger partial charge is 0.312 e. The maximum Gasteiger partial charge on any atom is 0.153 e. The lowest BCUT2D eigenvalue weighted by molar-refractivity contribution is 0.433. The van der Waals surface area contributed by atoms with E-state index in [4.69, 9.17) is 0 Å². The van der Waals surface area contributed by atoms with E-state index in [1.807, 2.05) is 18.8 Å². The third-order valence-corrected chi connectivity index (χ3v) is 2.78. The summed E-state index contributed by atoms with van der Waals surface area (Å²) in [5, 5.41) is 11.2. The van der Waals surface area contributed by atoms with Gasteiger partial charge in [-0.15, -0.1) is 5.10 Å². The molecule has 0 aliphatic rings. The van der Waals surface area contributed by atoms with Crippen molar-refractivity contribution < 1.29 is 0 Å². The van der Waals surface area contributed by atoms with Crippen molar-refractivity contribution >= 4 is 15.9 Å². The zero-order valence-corrected chi connectivity index (χ0v) is 10.7. The van der Waals surface area contributed by atoms with Gasteiger partial charge in [0.25, 0.3) is 0 Å². The van der Waals surface area contributed by atoms with E-state index in [9.17, 15) is 0 Å². The Balaban J connectivity index is 2.88. The minimum Gasteiger partial charge on any atom is -0.312 e. The van der Waals surface area contributed by atoms with Gasteiger partial charge in [-0.05, 0) is 35.3 Å². The molecule has 0 fully saturated rings. The van der Waals surface area contributed by atoms with Gasteiger partial charge < -0.3 is 5.32 Å². The van der Waals surface area contributed by atoms with Crippen molar-refractivity contribution in [1.82, 2.24) is 20.3 Å². The number of nitrogens with one attached hydrogen (secondary N) is 1. The van der Waals surface area contributed by atoms with E-state index in [0.717, 1.165) is 16.7 Å². The number of hydrogen-bond donors (Lipinski definition) is 1. The van der Waals surface area contributed by atoms with Crippen LogP contribution in [0.2, 0.25) is 0 Å². The molecule has 0 aromatic carbocycles. The monoisotopic (exact) mass is 260 g/mol. The topological polar surface area (TPSA) is 42.7 Å². The van der Waals surface area contributed by atoms with Gasteiger partial charge in [-0.2, -0.15) is 0 Å². The number of rotatable bonds is 4. The normalized spacial score (nSPS) is 13.6. The number of hydrogen-bond acceptors (Lipinski definition) is 3. The molecule has 0 saturated heterocycles. The van der Waals surface area contributed by atoms with E-state index in [1.54, 1.807) is 0 Å². The molecule has 1 unspecified atom stereocenters. The lowest BCUT2D eigenvalue weighted by Gasteiger charge is -2.18. The van der Waals surface area contributed by atoms with Crippen LogP contribution in [-0.4, -0.2) is 22.0 Å². The quantitative estimate of drug-likeness (QED) is 0.899. The summed E-state index contributed by atoms with van der Waals surface area (Å²) in [4.78, 5) is 0. The molecule has 1 N–H and O–H groups in total. The van der Waals surface area contributed by atoms with Crippen LogP contribution in [0.15, 0.2) is 4.60 Å². The highest BCUT2D eigenvalue weighted by Crippen LogP contribution is 2.25. The molecule has 0 aliphatic carbocycles. The van der Waals surface area contributed by atoms with Crippen molar-refractivity contribution in [3.63, 3.8) is 0 Å². The lowest BCUT2D eigenvalue weighted by Crippen LogP contribution is -2.21. The predicted octanol–water partition coefficient (Wildman–Crippen LogP) is 1.88. The van der Waals surface area contributed by atoms with Gasteiger partial charge in [-0.1, -0.05) is 19.1 Å². The fourth-order valence-corrected chi connectivity index (χ4v) is 2.15. The number of aromatic nitrogens is 3. The van der Waals surface area contributed by atoms with Crippen molar-refractivity contribution in [1.29, 1.82) is 0 Å². The molecule has 5 heteroatoms. The Labute approximate surface area is 93.2 Å². The highest BCUT2D eigenvalue weighted by molar-refractivity contribution is 9.10. The molecule has 1 rings (SSSR count). The molecule has 0 aliphatic heterocycles. The van der Waals surface area contributed by atoms with E-state index in [2.05, 4.69) is 45.4 Å². The zero-order valence-electron chi connectivity index (χ0n) is 9.08. The molecule has 1 atom stereocenters. The van der Waals surface area contributed by atoms with E-state index in [1.165, 1.54) is 0 Å². The maximum absolute atomic E-state index is 3.98. The fraction of sp³-hybridized carbons (Fsp3) is 0.778. The molecular weight excluding hydrogens is 244 g/mol. The lowest BCUT2D eigenvalue weighted by atomic mass is 10.0. The fourth-order valence-electron chi connectivity index (χ4n) is 1.55. The standard InChI is InChI=1S/C9H17BrN4/c1-6(2)5-7(11-3)8-9(10)12-13-14(8)4/h6-7,11H,5H2,1-4H3. The minimum absolute atomic E-state index is 0.310. The summed E-state index contributed by atoms with van der Waals surface area (Å²) in [7, 11) is 3.88. The molecule has 1 heterocycles. The predicted molar refractivity (Wildman–Crippen MR) is 60.0 cm³/mol. The second kappa shape index (κ2) is 4.89. The van der Waals surface area contributed by atoms with E-state index < -0.39 is 0 Å². The Bertz CT molecular complexity index is 276. The number of halogens is 1. The molecule has 0 bridgehead atoms. The van der Waals surface area contributed by atoms with Crippen molar-refractivity contribution in [2.24, 2.45) is 13.0 Å². The average molecular weight is 261 g/mol. The molecule has 4 nitrogen and oxygen atoms in total. The van der Waals surface area contributed by atoms with Gasteiger partial charge in [-0.3, -0.25) is 0 Å². The third-order valence-electron chi connectivity index (χ3n) is 2.21. The highest BCUT2D eigenvalue weighted by atomic mass is 79.9. The summed E-state index contributed by atoms with van der Waals surface area (Å²) in [5.41, 5.74) is 1.11. The van der Waals surface area contributed by atoms with Gasteiger partial charge in [0, 0.05) is 7.05 Å². The maximum atomic E-state index is 3.98.